The van der Waals surface area contributed by atoms with Gasteiger partial charge in [-0.1, -0.05) is 6.07 Å². The third-order valence-corrected chi connectivity index (χ3v) is 3.45. The Balaban J connectivity index is 1.94. The summed E-state index contributed by atoms with van der Waals surface area (Å²) in [6.07, 6.45) is 3.28. The van der Waals surface area contributed by atoms with Crippen LogP contribution in [0, 0.1) is 5.92 Å². The second-order valence-electron chi connectivity index (χ2n) is 4.70. The Hall–Kier alpha value is -1.42. The van der Waals surface area contributed by atoms with Gasteiger partial charge in [-0.05, 0) is 38.4 Å². The minimum absolute atomic E-state index is 0.176. The summed E-state index contributed by atoms with van der Waals surface area (Å²) in [6, 6.07) is 6.21. The average Bonchev–Trinajstić information content (AvgIpc) is 2.33. The second kappa shape index (κ2) is 5.27. The van der Waals surface area contributed by atoms with Crippen LogP contribution in [0.5, 0.6) is 0 Å². The van der Waals surface area contributed by atoms with Gasteiger partial charge in [0.2, 0.25) is 0 Å². The predicted molar refractivity (Wildman–Crippen MR) is 64.5 cm³/mol. The van der Waals surface area contributed by atoms with Gasteiger partial charge in [0.1, 0.15) is 0 Å². The summed E-state index contributed by atoms with van der Waals surface area (Å²) in [5.74, 6) is -0.834. The number of rotatable bonds is 3. The number of likely N-dealkylation sites (tertiary alicyclic amines) is 1. The fraction of sp³-hybridized carbons (Fsp3) is 0.538. The van der Waals surface area contributed by atoms with Gasteiger partial charge < -0.3 is 5.11 Å². The van der Waals surface area contributed by atoms with Gasteiger partial charge in [-0.15, -0.1) is 0 Å². The van der Waals surface area contributed by atoms with E-state index >= 15 is 0 Å². The normalized spacial score (nSPS) is 25.7. The minimum atomic E-state index is -0.658. The molecule has 2 heterocycles. The van der Waals surface area contributed by atoms with Crippen molar-refractivity contribution in [2.24, 2.45) is 5.92 Å². The summed E-state index contributed by atoms with van der Waals surface area (Å²) in [4.78, 5) is 17.5. The molecule has 92 valence electrons. The molecule has 0 aliphatic carbocycles. The van der Waals surface area contributed by atoms with E-state index in [1.807, 2.05) is 18.2 Å². The number of piperidine rings is 1. The van der Waals surface area contributed by atoms with E-state index in [1.165, 1.54) is 0 Å². The smallest absolute Gasteiger partial charge is 0.306 e. The number of carbonyl (C=O) groups is 1. The highest BCUT2D eigenvalue weighted by Gasteiger charge is 2.29. The third kappa shape index (κ3) is 3.03. The van der Waals surface area contributed by atoms with Gasteiger partial charge >= 0.3 is 5.97 Å². The van der Waals surface area contributed by atoms with E-state index in [0.29, 0.717) is 6.04 Å². The van der Waals surface area contributed by atoms with E-state index in [9.17, 15) is 4.79 Å². The molecule has 0 bridgehead atoms. The largest absolute Gasteiger partial charge is 0.481 e. The summed E-state index contributed by atoms with van der Waals surface area (Å²) in [7, 11) is 0. The molecule has 1 aliphatic heterocycles. The number of carboxylic acids is 1. The Morgan fingerprint density at radius 2 is 2.41 bits per heavy atom. The van der Waals surface area contributed by atoms with Crippen LogP contribution < -0.4 is 0 Å². The molecule has 0 radical (unpaired) electrons. The highest BCUT2D eigenvalue weighted by atomic mass is 16.4. The standard InChI is InChI=1S/C13H18N2O2/c1-10-8-11(13(16)17)5-7-15(10)9-12-4-2-3-6-14-12/h2-4,6,10-11H,5,7-9H2,1H3,(H,16,17). The first-order valence-electron chi connectivity index (χ1n) is 6.03. The third-order valence-electron chi connectivity index (χ3n) is 3.45. The maximum atomic E-state index is 10.9. The number of nitrogens with zero attached hydrogens (tertiary/aromatic N) is 2. The van der Waals surface area contributed by atoms with Crippen molar-refractivity contribution in [1.82, 2.24) is 9.88 Å². The molecule has 1 aromatic rings. The van der Waals surface area contributed by atoms with Crippen molar-refractivity contribution >= 4 is 5.97 Å². The van der Waals surface area contributed by atoms with Gasteiger partial charge in [0.05, 0.1) is 11.6 Å². The molecule has 2 atom stereocenters. The molecular formula is C13H18N2O2. The molecule has 0 saturated carbocycles. The molecule has 0 spiro atoms. The molecule has 0 amide bonds. The maximum absolute atomic E-state index is 10.9. The lowest BCUT2D eigenvalue weighted by Crippen LogP contribution is -2.42. The Morgan fingerprint density at radius 1 is 1.59 bits per heavy atom. The molecule has 2 rings (SSSR count). The van der Waals surface area contributed by atoms with Crippen molar-refractivity contribution in [1.29, 1.82) is 0 Å². The van der Waals surface area contributed by atoms with Crippen LogP contribution >= 0.6 is 0 Å². The zero-order valence-electron chi connectivity index (χ0n) is 10.0. The van der Waals surface area contributed by atoms with E-state index in [4.69, 9.17) is 5.11 Å². The summed E-state index contributed by atoms with van der Waals surface area (Å²) >= 11 is 0. The molecule has 1 aromatic heterocycles. The van der Waals surface area contributed by atoms with Crippen molar-refractivity contribution in [3.05, 3.63) is 30.1 Å². The number of aromatic nitrogens is 1. The van der Waals surface area contributed by atoms with Crippen molar-refractivity contribution in [3.8, 4) is 0 Å². The van der Waals surface area contributed by atoms with Gasteiger partial charge in [-0.3, -0.25) is 14.7 Å². The van der Waals surface area contributed by atoms with Crippen LogP contribution in [0.15, 0.2) is 24.4 Å². The molecule has 4 nitrogen and oxygen atoms in total. The summed E-state index contributed by atoms with van der Waals surface area (Å²) in [5.41, 5.74) is 1.05. The fourth-order valence-corrected chi connectivity index (χ4v) is 2.38. The zero-order valence-corrected chi connectivity index (χ0v) is 10.0. The average molecular weight is 234 g/mol. The molecule has 17 heavy (non-hydrogen) atoms. The Morgan fingerprint density at radius 3 is 3.00 bits per heavy atom. The quantitative estimate of drug-likeness (QED) is 0.866. The van der Waals surface area contributed by atoms with Crippen LogP contribution in [0.25, 0.3) is 0 Å². The van der Waals surface area contributed by atoms with Crippen LogP contribution in [0.2, 0.25) is 0 Å². The highest BCUT2D eigenvalue weighted by Crippen LogP contribution is 2.24. The highest BCUT2D eigenvalue weighted by molar-refractivity contribution is 5.70. The van der Waals surface area contributed by atoms with Crippen LogP contribution in [-0.4, -0.2) is 33.5 Å². The molecule has 1 N–H and O–H groups in total. The molecule has 2 unspecified atom stereocenters. The number of hydrogen-bond acceptors (Lipinski definition) is 3. The van der Waals surface area contributed by atoms with E-state index in [2.05, 4.69) is 16.8 Å². The van der Waals surface area contributed by atoms with Gasteiger partial charge in [0.25, 0.3) is 0 Å². The van der Waals surface area contributed by atoms with Gasteiger partial charge in [-0.25, -0.2) is 0 Å². The number of aliphatic carboxylic acids is 1. The Kier molecular flexibility index (Phi) is 3.74. The van der Waals surface area contributed by atoms with Gasteiger partial charge in [0.15, 0.2) is 0 Å². The second-order valence-corrected chi connectivity index (χ2v) is 4.70. The lowest BCUT2D eigenvalue weighted by molar-refractivity contribution is -0.144. The summed E-state index contributed by atoms with van der Waals surface area (Å²) < 4.78 is 0. The molecular weight excluding hydrogens is 216 g/mol. The summed E-state index contributed by atoms with van der Waals surface area (Å²) in [6.45, 7) is 3.75. The van der Waals surface area contributed by atoms with Crippen molar-refractivity contribution in [2.75, 3.05) is 6.54 Å². The summed E-state index contributed by atoms with van der Waals surface area (Å²) in [5, 5.41) is 9.00. The maximum Gasteiger partial charge on any atom is 0.306 e. The SMILES string of the molecule is CC1CC(C(=O)O)CCN1Cc1ccccn1. The van der Waals surface area contributed by atoms with Crippen LogP contribution in [-0.2, 0) is 11.3 Å². The predicted octanol–water partition coefficient (Wildman–Crippen LogP) is 1.77. The van der Waals surface area contributed by atoms with E-state index in [-0.39, 0.29) is 5.92 Å². The molecule has 4 heteroatoms. The zero-order chi connectivity index (χ0) is 12.3. The van der Waals surface area contributed by atoms with E-state index in [1.54, 1.807) is 6.20 Å². The van der Waals surface area contributed by atoms with Crippen molar-refractivity contribution in [2.45, 2.75) is 32.4 Å². The first-order chi connectivity index (χ1) is 8.16. The van der Waals surface area contributed by atoms with Gasteiger partial charge in [0, 0.05) is 18.8 Å². The van der Waals surface area contributed by atoms with Gasteiger partial charge in [-0.2, -0.15) is 0 Å². The monoisotopic (exact) mass is 234 g/mol. The van der Waals surface area contributed by atoms with E-state index in [0.717, 1.165) is 31.6 Å². The first kappa shape index (κ1) is 12.0. The molecule has 1 fully saturated rings. The number of hydrogen-bond donors (Lipinski definition) is 1. The van der Waals surface area contributed by atoms with Crippen molar-refractivity contribution in [3.63, 3.8) is 0 Å². The Bertz CT molecular complexity index is 380. The fourth-order valence-electron chi connectivity index (χ4n) is 2.38. The number of carboxylic acid groups (broad SMARTS) is 1. The molecule has 0 aromatic carbocycles. The Labute approximate surface area is 101 Å². The van der Waals surface area contributed by atoms with Crippen LogP contribution in [0.3, 0.4) is 0 Å². The minimum Gasteiger partial charge on any atom is -0.481 e. The topological polar surface area (TPSA) is 53.4 Å². The van der Waals surface area contributed by atoms with Crippen LogP contribution in [0.4, 0.5) is 0 Å². The lowest BCUT2D eigenvalue weighted by atomic mass is 9.91. The molecule has 1 saturated heterocycles. The molecule has 1 aliphatic rings. The lowest BCUT2D eigenvalue weighted by Gasteiger charge is -2.35. The van der Waals surface area contributed by atoms with Crippen molar-refractivity contribution < 1.29 is 9.90 Å². The first-order valence-corrected chi connectivity index (χ1v) is 6.03. The van der Waals surface area contributed by atoms with Crippen LogP contribution in [0.1, 0.15) is 25.5 Å². The number of pyridine rings is 1. The van der Waals surface area contributed by atoms with E-state index < -0.39 is 5.97 Å².